The number of carbonyl (C=O) groups is 3. The monoisotopic (exact) mass is 402 g/mol. The Kier molecular flexibility index (Phi) is 24.0. The fourth-order valence-corrected chi connectivity index (χ4v) is 2.73. The average Bonchev–Trinajstić information content (AvgIpc) is 2.64. The lowest BCUT2D eigenvalue weighted by molar-refractivity contribution is -0.143. The summed E-state index contributed by atoms with van der Waals surface area (Å²) in [7, 11) is 0. The molecule has 0 heterocycles. The summed E-state index contributed by atoms with van der Waals surface area (Å²) in [5.74, 6) is -2.18. The molecule has 0 spiro atoms. The third-order valence-electron chi connectivity index (χ3n) is 4.34. The van der Waals surface area contributed by atoms with Gasteiger partial charge in [0.2, 0.25) is 0 Å². The van der Waals surface area contributed by atoms with Crippen LogP contribution in [0.1, 0.15) is 117 Å². The predicted octanol–water partition coefficient (Wildman–Crippen LogP) is 5.97. The highest BCUT2D eigenvalue weighted by Gasteiger charge is 2.01. The summed E-state index contributed by atoms with van der Waals surface area (Å²) < 4.78 is 4.91. The van der Waals surface area contributed by atoms with Crippen molar-refractivity contribution in [1.82, 2.24) is 0 Å². The average molecular weight is 403 g/mol. The van der Waals surface area contributed by atoms with Crippen LogP contribution in [0, 0.1) is 0 Å². The van der Waals surface area contributed by atoms with Crippen LogP contribution in [0.15, 0.2) is 0 Å². The molecule has 0 fully saturated rings. The molecule has 0 amide bonds. The molecule has 0 aromatic heterocycles. The van der Waals surface area contributed by atoms with Gasteiger partial charge < -0.3 is 14.9 Å². The first-order chi connectivity index (χ1) is 13.4. The van der Waals surface area contributed by atoms with Gasteiger partial charge in [0, 0.05) is 6.42 Å². The minimum atomic E-state index is -1.08. The quantitative estimate of drug-likeness (QED) is 0.216. The van der Waals surface area contributed by atoms with E-state index in [1.54, 1.807) is 0 Å². The Morgan fingerprint density at radius 1 is 0.571 bits per heavy atom. The second-order valence-corrected chi connectivity index (χ2v) is 7.09. The number of carboxylic acids is 2. The maximum Gasteiger partial charge on any atom is 0.305 e. The summed E-state index contributed by atoms with van der Waals surface area (Å²) in [5.41, 5.74) is 0. The molecule has 0 aliphatic rings. The lowest BCUT2D eigenvalue weighted by atomic mass is 10.0. The van der Waals surface area contributed by atoms with E-state index in [1.165, 1.54) is 77.0 Å². The number of aliphatic carboxylic acids is 2. The SMILES string of the molecule is CCCCCCCCCCCCCCCC(=O)OCC.O=C(O)CCC(=O)O. The van der Waals surface area contributed by atoms with Crippen LogP contribution in [0.25, 0.3) is 0 Å². The number of rotatable bonds is 18. The van der Waals surface area contributed by atoms with Crippen LogP contribution in [-0.2, 0) is 19.1 Å². The van der Waals surface area contributed by atoms with Crippen molar-refractivity contribution in [3.05, 3.63) is 0 Å². The molecule has 166 valence electrons. The first-order valence-electron chi connectivity index (χ1n) is 11.0. The molecule has 2 N–H and O–H groups in total. The summed E-state index contributed by atoms with van der Waals surface area (Å²) >= 11 is 0. The fourth-order valence-electron chi connectivity index (χ4n) is 2.73. The highest BCUT2D eigenvalue weighted by molar-refractivity contribution is 5.75. The molecule has 28 heavy (non-hydrogen) atoms. The predicted molar refractivity (Wildman–Crippen MR) is 111 cm³/mol. The molecule has 0 atom stereocenters. The molecule has 6 nitrogen and oxygen atoms in total. The lowest BCUT2D eigenvalue weighted by Gasteiger charge is -2.03. The van der Waals surface area contributed by atoms with E-state index >= 15 is 0 Å². The molecule has 0 rings (SSSR count). The molecule has 0 aliphatic heterocycles. The number of ether oxygens (including phenoxy) is 1. The molecule has 0 saturated heterocycles. The van der Waals surface area contributed by atoms with Gasteiger partial charge in [0.1, 0.15) is 0 Å². The number of unbranched alkanes of at least 4 members (excludes halogenated alkanes) is 12. The molecular weight excluding hydrogens is 360 g/mol. The van der Waals surface area contributed by atoms with Crippen molar-refractivity contribution in [2.24, 2.45) is 0 Å². The molecule has 0 aromatic carbocycles. The first-order valence-corrected chi connectivity index (χ1v) is 11.0. The highest BCUT2D eigenvalue weighted by Crippen LogP contribution is 2.13. The van der Waals surface area contributed by atoms with Crippen LogP contribution in [0.5, 0.6) is 0 Å². The number of carbonyl (C=O) groups excluding carboxylic acids is 1. The first kappa shape index (κ1) is 28.6. The molecule has 0 bridgehead atoms. The van der Waals surface area contributed by atoms with Gasteiger partial charge >= 0.3 is 17.9 Å². The van der Waals surface area contributed by atoms with Crippen molar-refractivity contribution in [2.75, 3.05) is 6.61 Å². The lowest BCUT2D eigenvalue weighted by Crippen LogP contribution is -2.03. The Hall–Kier alpha value is -1.59. The van der Waals surface area contributed by atoms with Gasteiger partial charge in [-0.1, -0.05) is 84.0 Å². The summed E-state index contributed by atoms with van der Waals surface area (Å²) in [5, 5.41) is 15.8. The van der Waals surface area contributed by atoms with Crippen molar-refractivity contribution in [1.29, 1.82) is 0 Å². The second-order valence-electron chi connectivity index (χ2n) is 7.09. The van der Waals surface area contributed by atoms with Crippen LogP contribution in [0.4, 0.5) is 0 Å². The van der Waals surface area contributed by atoms with Crippen molar-refractivity contribution >= 4 is 17.9 Å². The van der Waals surface area contributed by atoms with Gasteiger partial charge in [-0.05, 0) is 13.3 Å². The summed E-state index contributed by atoms with van der Waals surface area (Å²) in [6.07, 6.45) is 17.4. The molecule has 0 radical (unpaired) electrons. The summed E-state index contributed by atoms with van der Waals surface area (Å²) in [6, 6.07) is 0. The van der Waals surface area contributed by atoms with Gasteiger partial charge in [-0.25, -0.2) is 0 Å². The number of hydrogen-bond donors (Lipinski definition) is 2. The Bertz CT molecular complexity index is 367. The van der Waals surface area contributed by atoms with Gasteiger partial charge in [-0.2, -0.15) is 0 Å². The fraction of sp³-hybridized carbons (Fsp3) is 0.864. The molecular formula is C22H42O6. The van der Waals surface area contributed by atoms with E-state index < -0.39 is 11.9 Å². The standard InChI is InChI=1S/C18H36O2.C4H6O4/c1-3-5-6-7-8-9-10-11-12-13-14-15-16-17-18(19)20-4-2;5-3(6)1-2-4(7)8/h3-17H2,1-2H3;1-2H2,(H,5,6)(H,7,8). The molecule has 6 heteroatoms. The van der Waals surface area contributed by atoms with E-state index in [1.807, 2.05) is 6.92 Å². The maximum atomic E-state index is 11.1. The third-order valence-corrected chi connectivity index (χ3v) is 4.34. The topological polar surface area (TPSA) is 101 Å². The van der Waals surface area contributed by atoms with Crippen molar-refractivity contribution in [2.45, 2.75) is 117 Å². The number of esters is 1. The molecule has 0 saturated carbocycles. The Morgan fingerprint density at radius 2 is 0.929 bits per heavy atom. The van der Waals surface area contributed by atoms with Gasteiger partial charge in [-0.15, -0.1) is 0 Å². The minimum absolute atomic E-state index is 0.0319. The summed E-state index contributed by atoms with van der Waals surface area (Å²) in [4.78, 5) is 30.4. The van der Waals surface area contributed by atoms with E-state index in [2.05, 4.69) is 6.92 Å². The van der Waals surface area contributed by atoms with Crippen LogP contribution < -0.4 is 0 Å². The van der Waals surface area contributed by atoms with Gasteiger partial charge in [-0.3, -0.25) is 14.4 Å². The van der Waals surface area contributed by atoms with E-state index in [4.69, 9.17) is 14.9 Å². The summed E-state index contributed by atoms with van der Waals surface area (Å²) in [6.45, 7) is 4.64. The van der Waals surface area contributed by atoms with Crippen molar-refractivity contribution < 1.29 is 29.3 Å². The van der Waals surface area contributed by atoms with Crippen LogP contribution in [0.3, 0.4) is 0 Å². The largest absolute Gasteiger partial charge is 0.481 e. The van der Waals surface area contributed by atoms with Crippen LogP contribution in [0.2, 0.25) is 0 Å². The van der Waals surface area contributed by atoms with Crippen LogP contribution in [-0.4, -0.2) is 34.7 Å². The maximum absolute atomic E-state index is 11.1. The van der Waals surface area contributed by atoms with E-state index in [-0.39, 0.29) is 18.8 Å². The second kappa shape index (κ2) is 23.4. The zero-order valence-electron chi connectivity index (χ0n) is 18.0. The van der Waals surface area contributed by atoms with E-state index in [9.17, 15) is 14.4 Å². The zero-order chi connectivity index (χ0) is 21.5. The number of hydrogen-bond acceptors (Lipinski definition) is 4. The Labute approximate surface area is 171 Å². The normalized spacial score (nSPS) is 10.1. The van der Waals surface area contributed by atoms with Crippen molar-refractivity contribution in [3.63, 3.8) is 0 Å². The Morgan fingerprint density at radius 3 is 1.25 bits per heavy atom. The molecule has 0 aromatic rings. The van der Waals surface area contributed by atoms with Gasteiger partial charge in [0.15, 0.2) is 0 Å². The van der Waals surface area contributed by atoms with Crippen LogP contribution >= 0.6 is 0 Å². The van der Waals surface area contributed by atoms with Crippen molar-refractivity contribution in [3.8, 4) is 0 Å². The molecule has 0 aliphatic carbocycles. The number of carboxylic acid groups (broad SMARTS) is 2. The molecule has 0 unspecified atom stereocenters. The zero-order valence-corrected chi connectivity index (χ0v) is 18.0. The minimum Gasteiger partial charge on any atom is -0.481 e. The highest BCUT2D eigenvalue weighted by atomic mass is 16.5. The van der Waals surface area contributed by atoms with Gasteiger partial charge in [0.25, 0.3) is 0 Å². The van der Waals surface area contributed by atoms with E-state index in [0.717, 1.165) is 6.42 Å². The van der Waals surface area contributed by atoms with E-state index in [0.29, 0.717) is 13.0 Å². The Balaban J connectivity index is 0. The van der Waals surface area contributed by atoms with Gasteiger partial charge in [0.05, 0.1) is 19.4 Å². The smallest absolute Gasteiger partial charge is 0.305 e. The third kappa shape index (κ3) is 29.2.